The number of nitrogens with one attached hydrogen (secondary N) is 1. The summed E-state index contributed by atoms with van der Waals surface area (Å²) in [5, 5.41) is 3.59. The molecular formula is C25H27ClN2O4S. The Bertz CT molecular complexity index is 1200. The molecule has 0 fully saturated rings. The molecule has 0 unspecified atom stereocenters. The molecule has 1 atom stereocenters. The molecule has 6 nitrogen and oxygen atoms in total. The highest BCUT2D eigenvalue weighted by molar-refractivity contribution is 7.89. The molecule has 0 bridgehead atoms. The number of hydrogen-bond donors (Lipinski definition) is 1. The number of ether oxygens (including phenoxy) is 1. The zero-order valence-electron chi connectivity index (χ0n) is 18.8. The lowest BCUT2D eigenvalue weighted by atomic mass is 10.1. The number of nitrogens with zero attached hydrogens (tertiary/aromatic N) is 1. The number of hydrogen-bond acceptors (Lipinski definition) is 4. The van der Waals surface area contributed by atoms with E-state index in [0.717, 1.165) is 5.56 Å². The maximum absolute atomic E-state index is 12.9. The van der Waals surface area contributed by atoms with Gasteiger partial charge in [0.25, 0.3) is 5.91 Å². The maximum atomic E-state index is 12.9. The fourth-order valence-electron chi connectivity index (χ4n) is 3.35. The Morgan fingerprint density at radius 3 is 2.36 bits per heavy atom. The standard InChI is InChI=1S/C25H27ClN2O4S/c1-4-32-24-15-12-20(25(29)27-18(2)19-10-13-22(26)14-11-19)16-21(24)17-28(3)33(30,31)23-8-6-5-7-9-23/h5-16,18H,4,17H2,1-3H3,(H,27,29)/t18-/m0/s1. The summed E-state index contributed by atoms with van der Waals surface area (Å²) in [5.74, 6) is 0.269. The van der Waals surface area contributed by atoms with E-state index in [4.69, 9.17) is 16.3 Å². The highest BCUT2D eigenvalue weighted by Gasteiger charge is 2.23. The van der Waals surface area contributed by atoms with Gasteiger partial charge in [0.2, 0.25) is 10.0 Å². The second-order valence-electron chi connectivity index (χ2n) is 7.58. The van der Waals surface area contributed by atoms with Gasteiger partial charge in [0.1, 0.15) is 5.75 Å². The van der Waals surface area contributed by atoms with E-state index in [-0.39, 0.29) is 23.4 Å². The predicted molar refractivity (Wildman–Crippen MR) is 130 cm³/mol. The van der Waals surface area contributed by atoms with Crippen LogP contribution in [0.1, 0.15) is 41.4 Å². The molecule has 0 aliphatic carbocycles. The molecule has 3 aromatic rings. The minimum atomic E-state index is -3.69. The number of sulfonamides is 1. The van der Waals surface area contributed by atoms with Crippen LogP contribution in [0.4, 0.5) is 0 Å². The summed E-state index contributed by atoms with van der Waals surface area (Å²) in [6, 6.07) is 20.3. The van der Waals surface area contributed by atoms with Gasteiger partial charge in [0.05, 0.1) is 17.5 Å². The van der Waals surface area contributed by atoms with Crippen molar-refractivity contribution >= 4 is 27.5 Å². The minimum Gasteiger partial charge on any atom is -0.494 e. The van der Waals surface area contributed by atoms with Crippen LogP contribution >= 0.6 is 11.6 Å². The normalized spacial score (nSPS) is 12.4. The maximum Gasteiger partial charge on any atom is 0.251 e. The van der Waals surface area contributed by atoms with Crippen molar-refractivity contribution in [3.8, 4) is 5.75 Å². The molecule has 0 spiro atoms. The SMILES string of the molecule is CCOc1ccc(C(=O)N[C@@H](C)c2ccc(Cl)cc2)cc1CN(C)S(=O)(=O)c1ccccc1. The van der Waals surface area contributed by atoms with Crippen molar-refractivity contribution in [2.75, 3.05) is 13.7 Å². The average molecular weight is 487 g/mol. The quantitative estimate of drug-likeness (QED) is 0.459. The molecule has 3 aromatic carbocycles. The Hall–Kier alpha value is -2.87. The fraction of sp³-hybridized carbons (Fsp3) is 0.240. The number of carbonyl (C=O) groups is 1. The monoisotopic (exact) mass is 486 g/mol. The van der Waals surface area contributed by atoms with Gasteiger partial charge in [-0.2, -0.15) is 4.31 Å². The lowest BCUT2D eigenvalue weighted by Crippen LogP contribution is -2.28. The largest absolute Gasteiger partial charge is 0.494 e. The molecule has 174 valence electrons. The first-order chi connectivity index (χ1) is 15.7. The van der Waals surface area contributed by atoms with Crippen molar-refractivity contribution in [1.82, 2.24) is 9.62 Å². The van der Waals surface area contributed by atoms with Crippen LogP contribution in [0, 0.1) is 0 Å². The van der Waals surface area contributed by atoms with Gasteiger partial charge in [0, 0.05) is 29.7 Å². The lowest BCUT2D eigenvalue weighted by Gasteiger charge is -2.20. The van der Waals surface area contributed by atoms with E-state index >= 15 is 0 Å². The highest BCUT2D eigenvalue weighted by atomic mass is 35.5. The zero-order valence-corrected chi connectivity index (χ0v) is 20.4. The topological polar surface area (TPSA) is 75.7 Å². The fourth-order valence-corrected chi connectivity index (χ4v) is 4.65. The van der Waals surface area contributed by atoms with E-state index in [0.29, 0.717) is 28.5 Å². The van der Waals surface area contributed by atoms with Crippen molar-refractivity contribution in [1.29, 1.82) is 0 Å². The number of carbonyl (C=O) groups excluding carboxylic acids is 1. The molecule has 0 aliphatic heterocycles. The lowest BCUT2D eigenvalue weighted by molar-refractivity contribution is 0.0939. The summed E-state index contributed by atoms with van der Waals surface area (Å²) in [5.41, 5.74) is 1.94. The smallest absolute Gasteiger partial charge is 0.251 e. The predicted octanol–water partition coefficient (Wildman–Crippen LogP) is 5.05. The van der Waals surface area contributed by atoms with E-state index in [9.17, 15) is 13.2 Å². The van der Waals surface area contributed by atoms with E-state index < -0.39 is 10.0 Å². The van der Waals surface area contributed by atoms with Crippen LogP contribution in [0.3, 0.4) is 0 Å². The number of benzene rings is 3. The third-order valence-electron chi connectivity index (χ3n) is 5.18. The zero-order chi connectivity index (χ0) is 24.0. The van der Waals surface area contributed by atoms with Crippen LogP contribution in [0.2, 0.25) is 5.02 Å². The summed E-state index contributed by atoms with van der Waals surface area (Å²) < 4.78 is 32.8. The van der Waals surface area contributed by atoms with Crippen LogP contribution in [-0.4, -0.2) is 32.3 Å². The molecular weight excluding hydrogens is 460 g/mol. The van der Waals surface area contributed by atoms with Gasteiger partial charge in [-0.1, -0.05) is 41.9 Å². The van der Waals surface area contributed by atoms with Gasteiger partial charge in [0.15, 0.2) is 0 Å². The molecule has 0 heterocycles. The number of amides is 1. The van der Waals surface area contributed by atoms with Crippen molar-refractivity contribution in [3.05, 3.63) is 94.5 Å². The van der Waals surface area contributed by atoms with E-state index in [1.165, 1.54) is 11.4 Å². The second-order valence-corrected chi connectivity index (χ2v) is 10.1. The third kappa shape index (κ3) is 6.13. The Balaban J connectivity index is 1.82. The Labute approximate surface area is 200 Å². The van der Waals surface area contributed by atoms with E-state index in [2.05, 4.69) is 5.32 Å². The molecule has 0 aliphatic rings. The second kappa shape index (κ2) is 10.8. The molecule has 0 radical (unpaired) electrons. The van der Waals surface area contributed by atoms with Crippen LogP contribution in [0.15, 0.2) is 77.7 Å². The average Bonchev–Trinajstić information content (AvgIpc) is 2.81. The summed E-state index contributed by atoms with van der Waals surface area (Å²) in [7, 11) is -2.19. The molecule has 0 saturated heterocycles. The summed E-state index contributed by atoms with van der Waals surface area (Å²) >= 11 is 5.94. The van der Waals surface area contributed by atoms with Crippen molar-refractivity contribution in [3.63, 3.8) is 0 Å². The molecule has 8 heteroatoms. The number of rotatable bonds is 9. The highest BCUT2D eigenvalue weighted by Crippen LogP contribution is 2.25. The first-order valence-electron chi connectivity index (χ1n) is 10.6. The van der Waals surface area contributed by atoms with Gasteiger partial charge in [-0.25, -0.2) is 8.42 Å². The molecule has 0 aromatic heterocycles. The first kappa shape index (κ1) is 24.8. The van der Waals surface area contributed by atoms with Crippen molar-refractivity contribution in [2.24, 2.45) is 0 Å². The van der Waals surface area contributed by atoms with Crippen molar-refractivity contribution < 1.29 is 17.9 Å². The van der Waals surface area contributed by atoms with Crippen LogP contribution in [0.25, 0.3) is 0 Å². The van der Waals surface area contributed by atoms with Crippen LogP contribution in [-0.2, 0) is 16.6 Å². The molecule has 1 amide bonds. The molecule has 3 rings (SSSR count). The van der Waals surface area contributed by atoms with E-state index in [1.54, 1.807) is 60.7 Å². The molecule has 0 saturated carbocycles. The van der Waals surface area contributed by atoms with Gasteiger partial charge in [-0.3, -0.25) is 4.79 Å². The summed E-state index contributed by atoms with van der Waals surface area (Å²) in [4.78, 5) is 13.1. The Morgan fingerprint density at radius 2 is 1.73 bits per heavy atom. The summed E-state index contributed by atoms with van der Waals surface area (Å²) in [6.45, 7) is 4.21. The Kier molecular flexibility index (Phi) is 8.13. The van der Waals surface area contributed by atoms with Gasteiger partial charge in [-0.15, -0.1) is 0 Å². The van der Waals surface area contributed by atoms with Gasteiger partial charge in [-0.05, 0) is 61.9 Å². The van der Waals surface area contributed by atoms with Crippen LogP contribution in [0.5, 0.6) is 5.75 Å². The van der Waals surface area contributed by atoms with Gasteiger partial charge >= 0.3 is 0 Å². The Morgan fingerprint density at radius 1 is 1.06 bits per heavy atom. The molecule has 33 heavy (non-hydrogen) atoms. The first-order valence-corrected chi connectivity index (χ1v) is 12.4. The van der Waals surface area contributed by atoms with E-state index in [1.807, 2.05) is 26.0 Å². The van der Waals surface area contributed by atoms with Crippen LogP contribution < -0.4 is 10.1 Å². The third-order valence-corrected chi connectivity index (χ3v) is 7.25. The van der Waals surface area contributed by atoms with Gasteiger partial charge < -0.3 is 10.1 Å². The number of halogens is 1. The minimum absolute atomic E-state index is 0.0560. The summed E-state index contributed by atoms with van der Waals surface area (Å²) in [6.07, 6.45) is 0. The van der Waals surface area contributed by atoms with Crippen molar-refractivity contribution in [2.45, 2.75) is 31.3 Å². The molecule has 1 N–H and O–H groups in total.